The van der Waals surface area contributed by atoms with Crippen molar-refractivity contribution in [3.05, 3.63) is 69.3 Å². The molecule has 0 N–H and O–H groups in total. The van der Waals surface area contributed by atoms with Gasteiger partial charge in [0.1, 0.15) is 5.69 Å². The SMILES string of the molecule is CCN(C(=O)c1ccc(N2CCC(C)CC2)c([N+](=O)[O-])c1)C(C)c1ccc(C#N)cc1. The van der Waals surface area contributed by atoms with Crippen LogP contribution >= 0.6 is 0 Å². The Hall–Kier alpha value is -3.40. The van der Waals surface area contributed by atoms with E-state index in [2.05, 4.69) is 13.0 Å². The first-order valence-electron chi connectivity index (χ1n) is 10.7. The van der Waals surface area contributed by atoms with Crippen molar-refractivity contribution >= 4 is 17.3 Å². The molecule has 31 heavy (non-hydrogen) atoms. The molecule has 2 aromatic carbocycles. The quantitative estimate of drug-likeness (QED) is 0.488. The van der Waals surface area contributed by atoms with Crippen LogP contribution in [0.5, 0.6) is 0 Å². The largest absolute Gasteiger partial charge is 0.366 e. The van der Waals surface area contributed by atoms with E-state index < -0.39 is 4.92 Å². The van der Waals surface area contributed by atoms with Gasteiger partial charge in [0.25, 0.3) is 11.6 Å². The van der Waals surface area contributed by atoms with E-state index in [1.54, 1.807) is 29.2 Å². The summed E-state index contributed by atoms with van der Waals surface area (Å²) >= 11 is 0. The highest BCUT2D eigenvalue weighted by Crippen LogP contribution is 2.33. The molecule has 0 bridgehead atoms. The summed E-state index contributed by atoms with van der Waals surface area (Å²) in [5.74, 6) is 0.374. The fourth-order valence-corrected chi connectivity index (χ4v) is 4.09. The molecule has 1 amide bonds. The van der Waals surface area contributed by atoms with Crippen LogP contribution in [0, 0.1) is 27.4 Å². The molecular weight excluding hydrogens is 392 g/mol. The van der Waals surface area contributed by atoms with Gasteiger partial charge in [-0.25, -0.2) is 0 Å². The lowest BCUT2D eigenvalue weighted by molar-refractivity contribution is -0.384. The van der Waals surface area contributed by atoms with E-state index >= 15 is 0 Å². The number of rotatable bonds is 6. The van der Waals surface area contributed by atoms with Crippen molar-refractivity contribution in [2.24, 2.45) is 5.92 Å². The van der Waals surface area contributed by atoms with E-state index in [0.717, 1.165) is 31.5 Å². The van der Waals surface area contributed by atoms with Crippen molar-refractivity contribution in [1.29, 1.82) is 5.26 Å². The molecule has 0 radical (unpaired) electrons. The molecule has 0 aromatic heterocycles. The highest BCUT2D eigenvalue weighted by Gasteiger charge is 2.27. The number of piperidine rings is 1. The predicted molar refractivity (Wildman–Crippen MR) is 120 cm³/mol. The highest BCUT2D eigenvalue weighted by molar-refractivity contribution is 5.96. The summed E-state index contributed by atoms with van der Waals surface area (Å²) in [6.07, 6.45) is 2.01. The first-order valence-corrected chi connectivity index (χ1v) is 10.7. The third-order valence-electron chi connectivity index (χ3n) is 6.13. The van der Waals surface area contributed by atoms with Crippen molar-refractivity contribution in [3.63, 3.8) is 0 Å². The van der Waals surface area contributed by atoms with Crippen molar-refractivity contribution in [1.82, 2.24) is 4.90 Å². The monoisotopic (exact) mass is 420 g/mol. The first kappa shape index (κ1) is 22.3. The summed E-state index contributed by atoms with van der Waals surface area (Å²) < 4.78 is 0. The molecule has 0 saturated carbocycles. The van der Waals surface area contributed by atoms with Crippen LogP contribution < -0.4 is 4.90 Å². The normalized spacial score (nSPS) is 15.2. The number of anilines is 1. The average Bonchev–Trinajstić information content (AvgIpc) is 2.79. The topological polar surface area (TPSA) is 90.5 Å². The fraction of sp³-hybridized carbons (Fsp3) is 0.417. The van der Waals surface area contributed by atoms with Gasteiger partial charge in [-0.05, 0) is 62.4 Å². The lowest BCUT2D eigenvalue weighted by Gasteiger charge is -2.32. The Balaban J connectivity index is 1.87. The molecule has 1 atom stereocenters. The summed E-state index contributed by atoms with van der Waals surface area (Å²) in [4.78, 5) is 28.4. The molecular formula is C24H28N4O3. The van der Waals surface area contributed by atoms with Crippen LogP contribution in [0.4, 0.5) is 11.4 Å². The number of hydrogen-bond donors (Lipinski definition) is 0. The zero-order chi connectivity index (χ0) is 22.5. The second-order valence-electron chi connectivity index (χ2n) is 8.13. The van der Waals surface area contributed by atoms with Crippen molar-refractivity contribution in [2.45, 2.75) is 39.7 Å². The number of hydrogen-bond acceptors (Lipinski definition) is 5. The average molecular weight is 421 g/mol. The standard InChI is InChI=1S/C24H28N4O3/c1-4-27(18(3)20-7-5-19(16-25)6-8-20)24(29)21-9-10-22(23(15-21)28(30)31)26-13-11-17(2)12-14-26/h5-10,15,17-18H,4,11-14H2,1-3H3. The molecule has 3 rings (SSSR count). The first-order chi connectivity index (χ1) is 14.8. The Kier molecular flexibility index (Phi) is 6.91. The van der Waals surface area contributed by atoms with Gasteiger partial charge in [-0.1, -0.05) is 19.1 Å². The Bertz CT molecular complexity index is 989. The number of benzene rings is 2. The smallest absolute Gasteiger partial charge is 0.293 e. The molecule has 1 aliphatic rings. The van der Waals surface area contributed by atoms with Crippen LogP contribution in [-0.4, -0.2) is 35.4 Å². The van der Waals surface area contributed by atoms with Gasteiger partial charge in [0.05, 0.1) is 22.6 Å². The minimum atomic E-state index is -0.398. The third-order valence-corrected chi connectivity index (χ3v) is 6.13. The van der Waals surface area contributed by atoms with Crippen LogP contribution in [0.2, 0.25) is 0 Å². The van der Waals surface area contributed by atoms with E-state index in [9.17, 15) is 14.9 Å². The summed E-state index contributed by atoms with van der Waals surface area (Å²) in [6.45, 7) is 8.02. The maximum atomic E-state index is 13.3. The van der Waals surface area contributed by atoms with Crippen LogP contribution in [0.1, 0.15) is 61.1 Å². The second kappa shape index (κ2) is 9.61. The van der Waals surface area contributed by atoms with E-state index in [-0.39, 0.29) is 17.6 Å². The summed E-state index contributed by atoms with van der Waals surface area (Å²) in [7, 11) is 0. The maximum absolute atomic E-state index is 13.3. The fourth-order valence-electron chi connectivity index (χ4n) is 4.09. The highest BCUT2D eigenvalue weighted by atomic mass is 16.6. The molecule has 7 nitrogen and oxygen atoms in total. The minimum absolute atomic E-state index is 0.0255. The van der Waals surface area contributed by atoms with Crippen molar-refractivity contribution in [3.8, 4) is 6.07 Å². The van der Waals surface area contributed by atoms with Gasteiger partial charge < -0.3 is 9.80 Å². The molecule has 1 heterocycles. The van der Waals surface area contributed by atoms with E-state index in [1.807, 2.05) is 30.9 Å². The van der Waals surface area contributed by atoms with Gasteiger partial charge in [-0.2, -0.15) is 5.26 Å². The summed E-state index contributed by atoms with van der Waals surface area (Å²) in [5, 5.41) is 20.8. The molecule has 7 heteroatoms. The van der Waals surface area contributed by atoms with Crippen LogP contribution in [0.25, 0.3) is 0 Å². The molecule has 1 saturated heterocycles. The van der Waals surface area contributed by atoms with E-state index in [4.69, 9.17) is 5.26 Å². The van der Waals surface area contributed by atoms with Gasteiger partial charge in [-0.3, -0.25) is 14.9 Å². The minimum Gasteiger partial charge on any atom is -0.366 e. The number of carbonyl (C=O) groups excluding carboxylic acids is 1. The van der Waals surface area contributed by atoms with E-state index in [0.29, 0.717) is 29.3 Å². The molecule has 1 fully saturated rings. The van der Waals surface area contributed by atoms with Gasteiger partial charge in [0.2, 0.25) is 0 Å². The molecule has 162 valence electrons. The van der Waals surface area contributed by atoms with E-state index in [1.165, 1.54) is 6.07 Å². The lowest BCUT2D eigenvalue weighted by Crippen LogP contribution is -2.34. The zero-order valence-electron chi connectivity index (χ0n) is 18.2. The van der Waals surface area contributed by atoms with Gasteiger partial charge in [-0.15, -0.1) is 0 Å². The number of nitriles is 1. The maximum Gasteiger partial charge on any atom is 0.293 e. The number of nitrogens with zero attached hydrogens (tertiary/aromatic N) is 4. The Morgan fingerprint density at radius 1 is 1.26 bits per heavy atom. The molecule has 0 spiro atoms. The number of amides is 1. The van der Waals surface area contributed by atoms with Crippen molar-refractivity contribution in [2.75, 3.05) is 24.5 Å². The predicted octanol–water partition coefficient (Wildman–Crippen LogP) is 4.93. The second-order valence-corrected chi connectivity index (χ2v) is 8.13. The Morgan fingerprint density at radius 2 is 1.90 bits per heavy atom. The lowest BCUT2D eigenvalue weighted by atomic mass is 9.98. The van der Waals surface area contributed by atoms with Crippen LogP contribution in [0.15, 0.2) is 42.5 Å². The van der Waals surface area contributed by atoms with Crippen LogP contribution in [-0.2, 0) is 0 Å². The zero-order valence-corrected chi connectivity index (χ0v) is 18.2. The molecule has 2 aromatic rings. The Labute approximate surface area is 183 Å². The van der Waals surface area contributed by atoms with Crippen LogP contribution in [0.3, 0.4) is 0 Å². The molecule has 1 aliphatic heterocycles. The Morgan fingerprint density at radius 3 is 2.45 bits per heavy atom. The third kappa shape index (κ3) is 4.85. The molecule has 1 unspecified atom stereocenters. The number of nitro benzene ring substituents is 1. The summed E-state index contributed by atoms with van der Waals surface area (Å²) in [6, 6.07) is 13.8. The van der Waals surface area contributed by atoms with Gasteiger partial charge in [0, 0.05) is 31.3 Å². The number of nitro groups is 1. The van der Waals surface area contributed by atoms with Crippen molar-refractivity contribution < 1.29 is 9.72 Å². The van der Waals surface area contributed by atoms with Gasteiger partial charge in [0.15, 0.2) is 0 Å². The summed E-state index contributed by atoms with van der Waals surface area (Å²) in [5.41, 5.74) is 2.33. The number of carbonyl (C=O) groups is 1. The molecule has 0 aliphatic carbocycles. The van der Waals surface area contributed by atoms with Gasteiger partial charge >= 0.3 is 0 Å².